The van der Waals surface area contributed by atoms with Gasteiger partial charge in [-0.3, -0.25) is 4.79 Å². The van der Waals surface area contributed by atoms with Crippen LogP contribution in [0.1, 0.15) is 10.4 Å². The van der Waals surface area contributed by atoms with Gasteiger partial charge in [0.15, 0.2) is 11.6 Å². The van der Waals surface area contributed by atoms with Gasteiger partial charge in [-0.1, -0.05) is 0 Å². The van der Waals surface area contributed by atoms with Crippen LogP contribution in [-0.4, -0.2) is 64.3 Å². The fraction of sp³-hybridized carbons (Fsp3) is 0.385. The predicted octanol–water partition coefficient (Wildman–Crippen LogP) is 1.66. The highest BCUT2D eigenvalue weighted by Gasteiger charge is 2.34. The van der Waals surface area contributed by atoms with Crippen LogP contribution in [0.2, 0.25) is 0 Å². The molecule has 0 saturated carbocycles. The van der Waals surface area contributed by atoms with Gasteiger partial charge in [0.1, 0.15) is 5.82 Å². The third kappa shape index (κ3) is 3.27. The molecule has 2 amide bonds. The molecule has 1 aromatic carbocycles. The number of amides is 2. The Morgan fingerprint density at radius 2 is 1.91 bits per heavy atom. The first-order chi connectivity index (χ1) is 10.8. The molecule has 10 heteroatoms. The van der Waals surface area contributed by atoms with Gasteiger partial charge < -0.3 is 20.0 Å². The van der Waals surface area contributed by atoms with Crippen LogP contribution in [0, 0.1) is 17.5 Å². The molecule has 0 spiro atoms. The van der Waals surface area contributed by atoms with E-state index in [2.05, 4.69) is 15.9 Å². The molecular formula is C13H12BrF3N2O4. The van der Waals surface area contributed by atoms with Gasteiger partial charge in [0, 0.05) is 19.6 Å². The van der Waals surface area contributed by atoms with E-state index in [9.17, 15) is 27.9 Å². The molecule has 2 rings (SSSR count). The van der Waals surface area contributed by atoms with Crippen molar-refractivity contribution >= 4 is 27.9 Å². The molecular weight excluding hydrogens is 385 g/mol. The van der Waals surface area contributed by atoms with Crippen LogP contribution in [0.25, 0.3) is 0 Å². The normalized spacial score (nSPS) is 18.2. The second-order valence-corrected chi connectivity index (χ2v) is 5.70. The van der Waals surface area contributed by atoms with Crippen LogP contribution < -0.4 is 0 Å². The van der Waals surface area contributed by atoms with Crippen molar-refractivity contribution in [3.05, 3.63) is 33.6 Å². The Morgan fingerprint density at radius 3 is 2.48 bits per heavy atom. The highest BCUT2D eigenvalue weighted by molar-refractivity contribution is 9.10. The zero-order chi connectivity index (χ0) is 17.3. The lowest BCUT2D eigenvalue weighted by Crippen LogP contribution is -2.57. The van der Waals surface area contributed by atoms with Gasteiger partial charge in [-0.25, -0.2) is 18.0 Å². The van der Waals surface area contributed by atoms with E-state index in [1.54, 1.807) is 0 Å². The number of benzene rings is 1. The zero-order valence-corrected chi connectivity index (χ0v) is 13.2. The van der Waals surface area contributed by atoms with Crippen molar-refractivity contribution in [1.82, 2.24) is 9.80 Å². The number of aliphatic hydroxyl groups is 1. The second kappa shape index (κ2) is 6.75. The molecule has 0 bridgehead atoms. The van der Waals surface area contributed by atoms with Gasteiger partial charge in [-0.2, -0.15) is 0 Å². The summed E-state index contributed by atoms with van der Waals surface area (Å²) in [5, 5.41) is 18.2. The number of carboxylic acid groups (broad SMARTS) is 1. The number of aliphatic hydroxyl groups excluding tert-OH is 1. The quantitative estimate of drug-likeness (QED) is 0.588. The van der Waals surface area contributed by atoms with E-state index in [0.29, 0.717) is 6.07 Å². The number of nitrogens with zero attached hydrogens (tertiary/aromatic N) is 2. The van der Waals surface area contributed by atoms with Crippen molar-refractivity contribution in [2.24, 2.45) is 0 Å². The molecule has 1 aliphatic heterocycles. The molecule has 1 heterocycles. The third-order valence-corrected chi connectivity index (χ3v) is 4.28. The molecule has 0 radical (unpaired) electrons. The minimum Gasteiger partial charge on any atom is -0.465 e. The Kier molecular flexibility index (Phi) is 5.15. The van der Waals surface area contributed by atoms with E-state index in [1.165, 1.54) is 0 Å². The molecule has 1 fully saturated rings. The van der Waals surface area contributed by atoms with E-state index in [-0.39, 0.29) is 19.6 Å². The van der Waals surface area contributed by atoms with Crippen LogP contribution in [0.3, 0.4) is 0 Å². The van der Waals surface area contributed by atoms with Crippen molar-refractivity contribution in [2.45, 2.75) is 6.04 Å². The Balaban J connectivity index is 2.32. The number of carbonyl (C=O) groups is 2. The summed E-state index contributed by atoms with van der Waals surface area (Å²) in [5.74, 6) is -5.20. The van der Waals surface area contributed by atoms with Crippen LogP contribution in [-0.2, 0) is 0 Å². The molecule has 0 aromatic heterocycles. The van der Waals surface area contributed by atoms with Crippen LogP contribution >= 0.6 is 15.9 Å². The maximum Gasteiger partial charge on any atom is 0.407 e. The average molecular weight is 397 g/mol. The molecule has 126 valence electrons. The minimum absolute atomic E-state index is 0.0549. The third-order valence-electron chi connectivity index (χ3n) is 3.56. The molecule has 2 N–H and O–H groups in total. The number of carbonyl (C=O) groups excluding carboxylic acids is 1. The van der Waals surface area contributed by atoms with Crippen molar-refractivity contribution in [3.8, 4) is 0 Å². The van der Waals surface area contributed by atoms with Crippen LogP contribution in [0.15, 0.2) is 10.5 Å². The second-order valence-electron chi connectivity index (χ2n) is 4.91. The highest BCUT2D eigenvalue weighted by Crippen LogP contribution is 2.26. The molecule has 1 saturated heterocycles. The van der Waals surface area contributed by atoms with Gasteiger partial charge in [-0.15, -0.1) is 0 Å². The molecule has 1 aliphatic rings. The standard InChI is InChI=1S/C13H12BrF3N2O4/c14-9-8(15)3-7(10(16)11(9)17)12(21)19-2-1-18(13(22)23)4-6(19)5-20/h3,6,20H,1-2,4-5H2,(H,22,23). The topological polar surface area (TPSA) is 81.1 Å². The fourth-order valence-electron chi connectivity index (χ4n) is 2.34. The van der Waals surface area contributed by atoms with Crippen LogP contribution in [0.4, 0.5) is 18.0 Å². The first-order valence-corrected chi connectivity index (χ1v) is 7.29. The number of rotatable bonds is 2. The van der Waals surface area contributed by atoms with Crippen molar-refractivity contribution in [1.29, 1.82) is 0 Å². The van der Waals surface area contributed by atoms with Gasteiger partial charge in [0.25, 0.3) is 5.91 Å². The van der Waals surface area contributed by atoms with Gasteiger partial charge >= 0.3 is 6.09 Å². The lowest BCUT2D eigenvalue weighted by Gasteiger charge is -2.39. The Hall–Kier alpha value is -1.81. The zero-order valence-electron chi connectivity index (χ0n) is 11.6. The monoisotopic (exact) mass is 396 g/mol. The first-order valence-electron chi connectivity index (χ1n) is 6.50. The SMILES string of the molecule is O=C(O)N1CCN(C(=O)c2cc(F)c(Br)c(F)c2F)C(CO)C1. The van der Waals surface area contributed by atoms with Crippen LogP contribution in [0.5, 0.6) is 0 Å². The maximum absolute atomic E-state index is 13.9. The number of hydrogen-bond donors (Lipinski definition) is 2. The summed E-state index contributed by atoms with van der Waals surface area (Å²) in [5.41, 5.74) is -0.814. The molecule has 0 aliphatic carbocycles. The Morgan fingerprint density at radius 1 is 1.26 bits per heavy atom. The predicted molar refractivity (Wildman–Crippen MR) is 75.5 cm³/mol. The summed E-state index contributed by atoms with van der Waals surface area (Å²) in [6, 6.07) is -0.371. The first kappa shape index (κ1) is 17.5. The largest absolute Gasteiger partial charge is 0.465 e. The number of halogens is 4. The van der Waals surface area contributed by atoms with Crippen molar-refractivity contribution in [3.63, 3.8) is 0 Å². The lowest BCUT2D eigenvalue weighted by molar-refractivity contribution is 0.0305. The number of piperazine rings is 1. The molecule has 1 unspecified atom stereocenters. The summed E-state index contributed by atoms with van der Waals surface area (Å²) in [4.78, 5) is 25.3. The summed E-state index contributed by atoms with van der Waals surface area (Å²) in [6.07, 6.45) is -1.22. The number of hydrogen-bond acceptors (Lipinski definition) is 3. The average Bonchev–Trinajstić information content (AvgIpc) is 2.54. The van der Waals surface area contributed by atoms with Gasteiger partial charge in [0.05, 0.1) is 22.7 Å². The highest BCUT2D eigenvalue weighted by atomic mass is 79.9. The van der Waals surface area contributed by atoms with E-state index in [4.69, 9.17) is 5.11 Å². The molecule has 23 heavy (non-hydrogen) atoms. The summed E-state index contributed by atoms with van der Waals surface area (Å²) in [7, 11) is 0. The lowest BCUT2D eigenvalue weighted by atomic mass is 10.1. The van der Waals surface area contributed by atoms with E-state index < -0.39 is 52.1 Å². The van der Waals surface area contributed by atoms with E-state index >= 15 is 0 Å². The maximum atomic E-state index is 13.9. The van der Waals surface area contributed by atoms with Crippen molar-refractivity contribution < 1.29 is 33.0 Å². The van der Waals surface area contributed by atoms with Gasteiger partial charge in [-0.05, 0) is 22.0 Å². The minimum atomic E-state index is -1.53. The van der Waals surface area contributed by atoms with Crippen molar-refractivity contribution in [2.75, 3.05) is 26.2 Å². The van der Waals surface area contributed by atoms with E-state index in [1.807, 2.05) is 0 Å². The molecule has 6 nitrogen and oxygen atoms in total. The fourth-order valence-corrected chi connectivity index (χ4v) is 2.62. The van der Waals surface area contributed by atoms with E-state index in [0.717, 1.165) is 9.80 Å². The molecule has 1 aromatic rings. The smallest absolute Gasteiger partial charge is 0.407 e. The van der Waals surface area contributed by atoms with Gasteiger partial charge in [0.2, 0.25) is 0 Å². The summed E-state index contributed by atoms with van der Waals surface area (Å²) < 4.78 is 40.3. The summed E-state index contributed by atoms with van der Waals surface area (Å²) in [6.45, 7) is -0.935. The summed E-state index contributed by atoms with van der Waals surface area (Å²) >= 11 is 2.53. The molecule has 1 atom stereocenters. The Bertz CT molecular complexity index is 659. The Labute approximate surface area is 137 Å².